The molecule has 1 atom stereocenters. The quantitative estimate of drug-likeness (QED) is 0.295. The molecule has 0 radical (unpaired) electrons. The minimum Gasteiger partial charge on any atom is -0.753 e. The first kappa shape index (κ1) is 10.1. The lowest BCUT2D eigenvalue weighted by atomic mass is 11.2. The zero-order valence-corrected chi connectivity index (χ0v) is 6.68. The fourth-order valence-corrected chi connectivity index (χ4v) is 0.640. The average molecular weight is 198 g/mol. The van der Waals surface area contributed by atoms with E-state index in [0.29, 0.717) is 0 Å². The molecule has 4 N–H and O–H groups in total. The highest BCUT2D eigenvalue weighted by molar-refractivity contribution is 7.80. The van der Waals surface area contributed by atoms with E-state index in [-0.39, 0.29) is 4.47 Å². The molecule has 0 spiro atoms. The fraction of sp³-hybridized carbons (Fsp3) is 0. The van der Waals surface area contributed by atoms with Crippen LogP contribution in [0, 0.1) is 0 Å². The first-order chi connectivity index (χ1) is 4.95. The Kier molecular flexibility index (Phi) is 3.71. The summed E-state index contributed by atoms with van der Waals surface area (Å²) < 4.78 is 19.9. The molecule has 0 aliphatic carbocycles. The van der Waals surface area contributed by atoms with Crippen molar-refractivity contribution in [1.82, 2.24) is 4.47 Å². The van der Waals surface area contributed by atoms with Crippen molar-refractivity contribution < 1.29 is 18.4 Å². The minimum atomic E-state index is -2.93. The monoisotopic (exact) mass is 198 g/mol. The Labute approximate surface area is 69.6 Å². The summed E-state index contributed by atoms with van der Waals surface area (Å²) in [6, 6.07) is -1.33. The Morgan fingerprint density at radius 3 is 2.18 bits per heavy atom. The van der Waals surface area contributed by atoms with Crippen LogP contribution in [0.5, 0.6) is 0 Å². The van der Waals surface area contributed by atoms with Crippen molar-refractivity contribution >= 4 is 34.7 Å². The van der Waals surface area contributed by atoms with Gasteiger partial charge in [0.25, 0.3) is 5.17 Å². The van der Waals surface area contributed by atoms with E-state index in [2.05, 4.69) is 22.8 Å². The molecule has 1 unspecified atom stereocenters. The first-order valence-electron chi connectivity index (χ1n) is 2.11. The predicted molar refractivity (Wildman–Crippen MR) is 38.2 cm³/mol. The third kappa shape index (κ3) is 3.70. The van der Waals surface area contributed by atoms with Crippen LogP contribution in [0.1, 0.15) is 0 Å². The van der Waals surface area contributed by atoms with Gasteiger partial charge in [-0.3, -0.25) is 0 Å². The number of hydrogen-bond donors (Lipinski definition) is 2. The van der Waals surface area contributed by atoms with E-state index in [0.717, 1.165) is 0 Å². The lowest BCUT2D eigenvalue weighted by Crippen LogP contribution is -2.40. The van der Waals surface area contributed by atoms with Gasteiger partial charge in [-0.15, -0.1) is 0 Å². The molecule has 11 heavy (non-hydrogen) atoms. The summed E-state index contributed by atoms with van der Waals surface area (Å²) in [5.74, 6) is 0. The Morgan fingerprint density at radius 1 is 1.64 bits per heavy atom. The van der Waals surface area contributed by atoms with E-state index in [1.165, 1.54) is 0 Å². The molecule has 0 rings (SSSR count). The van der Waals surface area contributed by atoms with Crippen molar-refractivity contribution in [1.29, 1.82) is 0 Å². The maximum atomic E-state index is 10.2. The van der Waals surface area contributed by atoms with Crippen molar-refractivity contribution in [3.8, 4) is 0 Å². The summed E-state index contributed by atoms with van der Waals surface area (Å²) in [5, 5.41) is -0.618. The minimum absolute atomic E-state index is 0.178. The van der Waals surface area contributed by atoms with Crippen LogP contribution in [-0.4, -0.2) is 24.4 Å². The summed E-state index contributed by atoms with van der Waals surface area (Å²) in [7, 11) is 0. The molecule has 0 aromatic carbocycles. The lowest BCUT2D eigenvalue weighted by Gasteiger charge is -2.19. The van der Waals surface area contributed by atoms with Crippen LogP contribution in [0.3, 0.4) is 0 Å². The number of primary amides is 1. The van der Waals surface area contributed by atoms with Gasteiger partial charge in [0, 0.05) is 0 Å². The molecular weight excluding hydrogens is 194 g/mol. The SMILES string of the molecule is NC(=O)N(OC(N)=S)S(=O)[O-]. The highest BCUT2D eigenvalue weighted by Crippen LogP contribution is 1.92. The summed E-state index contributed by atoms with van der Waals surface area (Å²) in [6.45, 7) is 0. The zero-order valence-electron chi connectivity index (χ0n) is 5.05. The van der Waals surface area contributed by atoms with Crippen molar-refractivity contribution in [3.05, 3.63) is 0 Å². The van der Waals surface area contributed by atoms with Gasteiger partial charge in [0.1, 0.15) is 0 Å². The average Bonchev–Trinajstić information content (AvgIpc) is 1.81. The standard InChI is InChI=1S/C2H5N3O4S2/c3-1(6)5(11(7)8)9-2(4)10/h(H2,3,6)(H2,4,10)(H,7,8)/p-1. The fourth-order valence-electron chi connectivity index (χ4n) is 0.231. The molecule has 0 saturated heterocycles. The number of urea groups is 1. The van der Waals surface area contributed by atoms with Gasteiger partial charge in [0.2, 0.25) is 0 Å². The third-order valence-electron chi connectivity index (χ3n) is 0.488. The van der Waals surface area contributed by atoms with Gasteiger partial charge in [0.15, 0.2) is 0 Å². The summed E-state index contributed by atoms with van der Waals surface area (Å²) >= 11 is 1.21. The third-order valence-corrected chi connectivity index (χ3v) is 1.09. The van der Waals surface area contributed by atoms with E-state index in [1.807, 2.05) is 0 Å². The van der Waals surface area contributed by atoms with E-state index in [1.54, 1.807) is 0 Å². The van der Waals surface area contributed by atoms with Gasteiger partial charge in [-0.05, 0) is 12.2 Å². The number of amides is 2. The number of hydroxylamine groups is 1. The molecular formula is C2H4N3O4S2-. The van der Waals surface area contributed by atoms with E-state index < -0.39 is 22.5 Å². The van der Waals surface area contributed by atoms with Crippen molar-refractivity contribution in [3.63, 3.8) is 0 Å². The van der Waals surface area contributed by atoms with Gasteiger partial charge < -0.3 is 20.9 Å². The molecule has 7 nitrogen and oxygen atoms in total. The van der Waals surface area contributed by atoms with E-state index in [9.17, 15) is 13.6 Å². The number of hydrogen-bond acceptors (Lipinski definition) is 5. The molecule has 0 aromatic rings. The molecule has 9 heteroatoms. The second-order valence-electron chi connectivity index (χ2n) is 1.22. The van der Waals surface area contributed by atoms with Gasteiger partial charge >= 0.3 is 6.03 Å². The van der Waals surface area contributed by atoms with Crippen LogP contribution in [0.4, 0.5) is 4.79 Å². The van der Waals surface area contributed by atoms with Gasteiger partial charge in [0.05, 0.1) is 11.3 Å². The molecule has 0 aliphatic heterocycles. The Balaban J connectivity index is 4.23. The summed E-state index contributed by atoms with van der Waals surface area (Å²) in [6.07, 6.45) is 0. The van der Waals surface area contributed by atoms with Gasteiger partial charge in [-0.25, -0.2) is 9.00 Å². The molecule has 0 heterocycles. The Hall–Kier alpha value is -0.930. The Bertz CT molecular complexity index is 192. The molecule has 0 fully saturated rings. The predicted octanol–water partition coefficient (Wildman–Crippen LogP) is -1.66. The van der Waals surface area contributed by atoms with Crippen molar-refractivity contribution in [2.75, 3.05) is 0 Å². The highest BCUT2D eigenvalue weighted by Gasteiger charge is 2.12. The Morgan fingerprint density at radius 2 is 2.09 bits per heavy atom. The second kappa shape index (κ2) is 4.05. The van der Waals surface area contributed by atoms with Crippen LogP contribution in [0.15, 0.2) is 0 Å². The molecule has 2 amide bonds. The zero-order chi connectivity index (χ0) is 9.02. The second-order valence-corrected chi connectivity index (χ2v) is 2.39. The largest absolute Gasteiger partial charge is 0.753 e. The maximum Gasteiger partial charge on any atom is 0.360 e. The molecule has 0 aromatic heterocycles. The summed E-state index contributed by atoms with van der Waals surface area (Å²) in [4.78, 5) is 14.2. The van der Waals surface area contributed by atoms with Crippen LogP contribution in [-0.2, 0) is 16.1 Å². The van der Waals surface area contributed by atoms with Crippen LogP contribution < -0.4 is 11.5 Å². The van der Waals surface area contributed by atoms with Crippen molar-refractivity contribution in [2.24, 2.45) is 11.5 Å². The smallest absolute Gasteiger partial charge is 0.360 e. The van der Waals surface area contributed by atoms with Gasteiger partial charge in [-0.1, -0.05) is 4.47 Å². The van der Waals surface area contributed by atoms with E-state index >= 15 is 0 Å². The number of carbonyl (C=O) groups excluding carboxylic acids is 1. The van der Waals surface area contributed by atoms with Crippen LogP contribution in [0.25, 0.3) is 0 Å². The highest BCUT2D eigenvalue weighted by atomic mass is 32.2. The number of nitrogens with two attached hydrogens (primary N) is 2. The van der Waals surface area contributed by atoms with Gasteiger partial charge in [-0.2, -0.15) is 0 Å². The van der Waals surface area contributed by atoms with Crippen molar-refractivity contribution in [2.45, 2.75) is 0 Å². The molecule has 0 aliphatic rings. The number of nitrogens with zero attached hydrogens (tertiary/aromatic N) is 1. The molecule has 0 bridgehead atoms. The first-order valence-corrected chi connectivity index (χ1v) is 3.55. The lowest BCUT2D eigenvalue weighted by molar-refractivity contribution is 0.0604. The number of thiocarbonyl (C=S) groups is 1. The normalized spacial score (nSPS) is 11.7. The topological polar surface area (TPSA) is 122 Å². The summed E-state index contributed by atoms with van der Waals surface area (Å²) in [5.41, 5.74) is 9.30. The number of rotatable bonds is 1. The molecule has 64 valence electrons. The van der Waals surface area contributed by atoms with E-state index in [4.69, 9.17) is 5.73 Å². The van der Waals surface area contributed by atoms with Crippen LogP contribution in [0.2, 0.25) is 0 Å². The maximum absolute atomic E-state index is 10.2. The molecule has 0 saturated carbocycles. The number of carbonyl (C=O) groups is 1. The van der Waals surface area contributed by atoms with Crippen LogP contribution >= 0.6 is 12.2 Å².